The molecule has 0 aliphatic carbocycles. The van der Waals surface area contributed by atoms with E-state index in [0.29, 0.717) is 44.0 Å². The Labute approximate surface area is 157 Å². The molecular formula is C15H22ClN5O4S. The average molecular weight is 404 g/mol. The molecular weight excluding hydrogens is 382 g/mol. The minimum Gasteiger partial charge on any atom is -0.354 e. The molecule has 1 amide bonds. The molecule has 26 heavy (non-hydrogen) atoms. The van der Waals surface area contributed by atoms with Gasteiger partial charge in [0.15, 0.2) is 0 Å². The normalized spacial score (nSPS) is 23.0. The van der Waals surface area contributed by atoms with Crippen molar-refractivity contribution in [1.29, 1.82) is 0 Å². The Hall–Kier alpha value is -1.46. The number of hydrogen-bond acceptors (Lipinski definition) is 6. The van der Waals surface area contributed by atoms with Crippen LogP contribution in [0.25, 0.3) is 0 Å². The molecule has 0 spiro atoms. The molecule has 2 aliphatic heterocycles. The third-order valence-electron chi connectivity index (χ3n) is 4.76. The van der Waals surface area contributed by atoms with Gasteiger partial charge in [0.1, 0.15) is 11.9 Å². The van der Waals surface area contributed by atoms with Gasteiger partial charge in [0.25, 0.3) is 16.1 Å². The average Bonchev–Trinajstić information content (AvgIpc) is 2.68. The van der Waals surface area contributed by atoms with Crippen LogP contribution < -0.4 is 10.4 Å². The number of anilines is 1. The molecule has 1 unspecified atom stereocenters. The fourth-order valence-corrected chi connectivity index (χ4v) is 5.28. The van der Waals surface area contributed by atoms with E-state index in [-0.39, 0.29) is 6.54 Å². The highest BCUT2D eigenvalue weighted by Gasteiger charge is 2.40. The van der Waals surface area contributed by atoms with Crippen LogP contribution in [0.15, 0.2) is 18.3 Å². The van der Waals surface area contributed by atoms with Gasteiger partial charge in [-0.15, -0.1) is 0 Å². The number of piperidine rings is 1. The molecule has 2 saturated heterocycles. The van der Waals surface area contributed by atoms with Gasteiger partial charge in [0.2, 0.25) is 0 Å². The maximum Gasteiger partial charge on any atom is 0.282 e. The van der Waals surface area contributed by atoms with Crippen molar-refractivity contribution in [2.75, 3.05) is 37.6 Å². The molecule has 2 N–H and O–H groups in total. The number of nitrogens with one attached hydrogen (secondary N) is 1. The van der Waals surface area contributed by atoms with Crippen LogP contribution in [-0.4, -0.2) is 71.9 Å². The Kier molecular flexibility index (Phi) is 5.98. The Morgan fingerprint density at radius 3 is 2.54 bits per heavy atom. The highest BCUT2D eigenvalue weighted by Crippen LogP contribution is 2.24. The fourth-order valence-electron chi connectivity index (χ4n) is 3.37. The van der Waals surface area contributed by atoms with Crippen molar-refractivity contribution in [3.63, 3.8) is 0 Å². The first-order chi connectivity index (χ1) is 12.4. The third kappa shape index (κ3) is 3.94. The van der Waals surface area contributed by atoms with Gasteiger partial charge in [-0.2, -0.15) is 17.0 Å². The summed E-state index contributed by atoms with van der Waals surface area (Å²) in [6, 6.07) is 2.69. The zero-order chi connectivity index (χ0) is 18.7. The third-order valence-corrected chi connectivity index (χ3v) is 7.03. The number of halogens is 1. The van der Waals surface area contributed by atoms with Gasteiger partial charge < -0.3 is 4.90 Å². The first-order valence-electron chi connectivity index (χ1n) is 8.51. The quantitative estimate of drug-likeness (QED) is 0.559. The standard InChI is InChI=1S/C15H22ClN5O4S/c16-12-4-5-14(17-11-12)19-7-9-20(10-8-19)26(24,25)21-6-2-1-3-13(21)15(22)18-23/h4-5,11,13,23H,1-3,6-10H2,(H,18,22). The maximum atomic E-state index is 13.0. The van der Waals surface area contributed by atoms with Crippen molar-refractivity contribution in [1.82, 2.24) is 19.1 Å². The molecule has 2 fully saturated rings. The van der Waals surface area contributed by atoms with Crippen LogP contribution in [0.3, 0.4) is 0 Å². The largest absolute Gasteiger partial charge is 0.354 e. The molecule has 1 aromatic rings. The van der Waals surface area contributed by atoms with Gasteiger partial charge >= 0.3 is 0 Å². The monoisotopic (exact) mass is 403 g/mol. The second kappa shape index (κ2) is 8.05. The van der Waals surface area contributed by atoms with Gasteiger partial charge in [0.05, 0.1) is 5.02 Å². The van der Waals surface area contributed by atoms with Crippen molar-refractivity contribution in [3.8, 4) is 0 Å². The van der Waals surface area contributed by atoms with E-state index in [1.807, 2.05) is 4.90 Å². The second-order valence-electron chi connectivity index (χ2n) is 6.33. The van der Waals surface area contributed by atoms with Crippen molar-refractivity contribution in [3.05, 3.63) is 23.4 Å². The summed E-state index contributed by atoms with van der Waals surface area (Å²) >= 11 is 5.85. The zero-order valence-corrected chi connectivity index (χ0v) is 15.8. The first kappa shape index (κ1) is 19.3. The Bertz CT molecular complexity index is 737. The maximum absolute atomic E-state index is 13.0. The molecule has 9 nitrogen and oxygen atoms in total. The number of rotatable bonds is 4. The van der Waals surface area contributed by atoms with Gasteiger partial charge in [-0.05, 0) is 25.0 Å². The molecule has 1 atom stereocenters. The number of aromatic nitrogens is 1. The molecule has 0 saturated carbocycles. The van der Waals surface area contributed by atoms with E-state index in [1.54, 1.807) is 23.8 Å². The molecule has 0 bridgehead atoms. The van der Waals surface area contributed by atoms with Crippen molar-refractivity contribution in [2.45, 2.75) is 25.3 Å². The van der Waals surface area contributed by atoms with E-state index >= 15 is 0 Å². The van der Waals surface area contributed by atoms with E-state index in [1.165, 1.54) is 8.61 Å². The molecule has 144 valence electrons. The highest BCUT2D eigenvalue weighted by atomic mass is 35.5. The van der Waals surface area contributed by atoms with Crippen LogP contribution in [-0.2, 0) is 15.0 Å². The number of amides is 1. The van der Waals surface area contributed by atoms with Crippen LogP contribution >= 0.6 is 11.6 Å². The number of carbonyl (C=O) groups is 1. The van der Waals surface area contributed by atoms with Crippen LogP contribution in [0.2, 0.25) is 5.02 Å². The summed E-state index contributed by atoms with van der Waals surface area (Å²) in [6.07, 6.45) is 3.41. The lowest BCUT2D eigenvalue weighted by molar-refractivity contribution is -0.134. The summed E-state index contributed by atoms with van der Waals surface area (Å²) in [5.74, 6) is 0.0687. The summed E-state index contributed by atoms with van der Waals surface area (Å²) in [6.45, 7) is 1.88. The van der Waals surface area contributed by atoms with Gasteiger partial charge in [-0.3, -0.25) is 10.0 Å². The molecule has 2 aliphatic rings. The van der Waals surface area contributed by atoms with Crippen LogP contribution in [0, 0.1) is 0 Å². The minimum atomic E-state index is -3.78. The smallest absolute Gasteiger partial charge is 0.282 e. The summed E-state index contributed by atoms with van der Waals surface area (Å²) in [4.78, 5) is 18.1. The number of piperazine rings is 1. The number of hydroxylamine groups is 1. The zero-order valence-electron chi connectivity index (χ0n) is 14.2. The van der Waals surface area contributed by atoms with Crippen molar-refractivity contribution in [2.24, 2.45) is 0 Å². The molecule has 1 aromatic heterocycles. The summed E-state index contributed by atoms with van der Waals surface area (Å²) in [5, 5.41) is 9.45. The predicted molar refractivity (Wildman–Crippen MR) is 96.2 cm³/mol. The van der Waals surface area contributed by atoms with E-state index in [0.717, 1.165) is 12.2 Å². The van der Waals surface area contributed by atoms with Crippen molar-refractivity contribution < 1.29 is 18.4 Å². The van der Waals surface area contributed by atoms with E-state index in [4.69, 9.17) is 16.8 Å². The van der Waals surface area contributed by atoms with Crippen molar-refractivity contribution >= 4 is 33.5 Å². The second-order valence-corrected chi connectivity index (χ2v) is 8.64. The Morgan fingerprint density at radius 1 is 1.19 bits per heavy atom. The Morgan fingerprint density at radius 2 is 1.92 bits per heavy atom. The van der Waals surface area contributed by atoms with Gasteiger partial charge in [-0.1, -0.05) is 18.0 Å². The predicted octanol–water partition coefficient (Wildman–Crippen LogP) is 0.462. The molecule has 11 heteroatoms. The van der Waals surface area contributed by atoms with E-state index in [9.17, 15) is 13.2 Å². The van der Waals surface area contributed by atoms with E-state index in [2.05, 4.69) is 4.98 Å². The van der Waals surface area contributed by atoms with Gasteiger partial charge in [-0.25, -0.2) is 10.5 Å². The van der Waals surface area contributed by atoms with Crippen LogP contribution in [0.4, 0.5) is 5.82 Å². The number of hydrogen-bond donors (Lipinski definition) is 2. The number of carbonyl (C=O) groups excluding carboxylic acids is 1. The molecule has 3 heterocycles. The SMILES string of the molecule is O=C(NO)C1CCCCN1S(=O)(=O)N1CCN(c2ccc(Cl)cn2)CC1. The molecule has 0 radical (unpaired) electrons. The summed E-state index contributed by atoms with van der Waals surface area (Å²) in [5.41, 5.74) is 1.58. The summed E-state index contributed by atoms with van der Waals surface area (Å²) in [7, 11) is -3.78. The molecule has 3 rings (SSSR count). The topological polar surface area (TPSA) is 106 Å². The summed E-state index contributed by atoms with van der Waals surface area (Å²) < 4.78 is 28.6. The Balaban J connectivity index is 1.69. The minimum absolute atomic E-state index is 0.277. The lowest BCUT2D eigenvalue weighted by Gasteiger charge is -2.40. The number of pyridine rings is 1. The van der Waals surface area contributed by atoms with Gasteiger partial charge in [0, 0.05) is 38.9 Å². The fraction of sp³-hybridized carbons (Fsp3) is 0.600. The first-order valence-corrected chi connectivity index (χ1v) is 10.3. The lowest BCUT2D eigenvalue weighted by Crippen LogP contribution is -2.58. The highest BCUT2D eigenvalue weighted by molar-refractivity contribution is 7.86. The molecule has 0 aromatic carbocycles. The van der Waals surface area contributed by atoms with E-state index < -0.39 is 22.2 Å². The van der Waals surface area contributed by atoms with Crippen LogP contribution in [0.1, 0.15) is 19.3 Å². The number of nitrogens with zero attached hydrogens (tertiary/aromatic N) is 4. The lowest BCUT2D eigenvalue weighted by atomic mass is 10.0. The van der Waals surface area contributed by atoms with Crippen LogP contribution in [0.5, 0.6) is 0 Å².